The van der Waals surface area contributed by atoms with Gasteiger partial charge in [-0.3, -0.25) is 19.7 Å². The van der Waals surface area contributed by atoms with Crippen LogP contribution in [0.25, 0.3) is 0 Å². The van der Waals surface area contributed by atoms with Gasteiger partial charge in [-0.05, 0) is 30.7 Å². The fourth-order valence-corrected chi connectivity index (χ4v) is 3.44. The summed E-state index contributed by atoms with van der Waals surface area (Å²) in [5, 5.41) is 7.86. The van der Waals surface area contributed by atoms with E-state index in [1.807, 2.05) is 0 Å². The number of carbonyl (C=O) groups is 3. The predicted octanol–water partition coefficient (Wildman–Crippen LogP) is 2.98. The molecule has 2 aromatic rings. The molecule has 2 N–H and O–H groups in total. The number of likely N-dealkylation sites (tertiary alicyclic amines) is 1. The van der Waals surface area contributed by atoms with Crippen LogP contribution in [-0.4, -0.2) is 40.7 Å². The van der Waals surface area contributed by atoms with Crippen molar-refractivity contribution in [3.63, 3.8) is 0 Å². The second kappa shape index (κ2) is 8.77. The number of nitrogens with zero attached hydrogens (tertiary/aromatic N) is 2. The summed E-state index contributed by atoms with van der Waals surface area (Å²) in [6, 6.07) is 6.65. The van der Waals surface area contributed by atoms with Crippen LogP contribution in [0.5, 0.6) is 0 Å². The zero-order chi connectivity index (χ0) is 19.2. The van der Waals surface area contributed by atoms with Gasteiger partial charge in [-0.1, -0.05) is 13.3 Å². The summed E-state index contributed by atoms with van der Waals surface area (Å²) in [5.41, 5.74) is 1.08. The minimum atomic E-state index is -0.331. The molecule has 7 nitrogen and oxygen atoms in total. The molecule has 2 heterocycles. The molecular weight excluding hydrogens is 364 g/mol. The molecule has 3 rings (SSSR count). The van der Waals surface area contributed by atoms with Gasteiger partial charge < -0.3 is 10.2 Å². The number of aromatic nitrogens is 1. The molecule has 1 aromatic carbocycles. The lowest BCUT2D eigenvalue weighted by Gasteiger charge is -2.16. The number of hydrogen-bond donors (Lipinski definition) is 2. The minimum Gasteiger partial charge on any atom is -0.342 e. The summed E-state index contributed by atoms with van der Waals surface area (Å²) in [4.78, 5) is 42.3. The molecule has 1 saturated heterocycles. The van der Waals surface area contributed by atoms with E-state index < -0.39 is 0 Å². The lowest BCUT2D eigenvalue weighted by Crippen LogP contribution is -2.29. The molecule has 0 spiro atoms. The van der Waals surface area contributed by atoms with Crippen molar-refractivity contribution in [3.8, 4) is 0 Å². The Morgan fingerprint density at radius 3 is 2.70 bits per heavy atom. The van der Waals surface area contributed by atoms with Crippen LogP contribution >= 0.6 is 11.3 Å². The number of benzene rings is 1. The molecule has 0 radical (unpaired) electrons. The minimum absolute atomic E-state index is 0.0396. The Balaban J connectivity index is 1.54. The number of nitrogens with one attached hydrogen (secondary N) is 2. The van der Waals surface area contributed by atoms with Gasteiger partial charge in [-0.25, -0.2) is 4.98 Å². The summed E-state index contributed by atoms with van der Waals surface area (Å²) >= 11 is 1.35. The van der Waals surface area contributed by atoms with E-state index in [4.69, 9.17) is 0 Å². The van der Waals surface area contributed by atoms with Crippen LogP contribution in [0.3, 0.4) is 0 Å². The molecule has 0 bridgehead atoms. The van der Waals surface area contributed by atoms with Gasteiger partial charge in [0, 0.05) is 42.3 Å². The lowest BCUT2D eigenvalue weighted by molar-refractivity contribution is -0.128. The number of thiazole rings is 1. The number of carbonyl (C=O) groups excluding carboxylic acids is 3. The Labute approximate surface area is 161 Å². The third-order valence-electron chi connectivity index (χ3n) is 4.43. The molecule has 1 atom stereocenters. The number of hydrogen-bond acceptors (Lipinski definition) is 5. The van der Waals surface area contributed by atoms with Gasteiger partial charge in [0.2, 0.25) is 11.8 Å². The molecule has 0 aliphatic carbocycles. The Morgan fingerprint density at radius 1 is 1.26 bits per heavy atom. The highest BCUT2D eigenvalue weighted by Crippen LogP contribution is 2.21. The predicted molar refractivity (Wildman–Crippen MR) is 105 cm³/mol. The first-order chi connectivity index (χ1) is 13.1. The Morgan fingerprint density at radius 2 is 2.04 bits per heavy atom. The standard InChI is InChI=1S/C19H22N4O3S/c1-2-3-9-23-12-14(11-16(23)24)18(26)21-15-6-4-13(5-7-15)17(25)22-19-20-8-10-27-19/h4-8,10,14H,2-3,9,11-12H2,1H3,(H,21,26)(H,20,22,25)/t14-/m0/s1. The smallest absolute Gasteiger partial charge is 0.257 e. The van der Waals surface area contributed by atoms with Crippen molar-refractivity contribution in [1.82, 2.24) is 9.88 Å². The molecule has 1 aliphatic heterocycles. The van der Waals surface area contributed by atoms with Gasteiger partial charge in [0.15, 0.2) is 5.13 Å². The number of unbranched alkanes of at least 4 members (excludes halogenated alkanes) is 1. The Kier molecular flexibility index (Phi) is 6.18. The van der Waals surface area contributed by atoms with Gasteiger partial charge in [-0.2, -0.15) is 0 Å². The summed E-state index contributed by atoms with van der Waals surface area (Å²) in [7, 11) is 0. The average Bonchev–Trinajstić information content (AvgIpc) is 3.30. The van der Waals surface area contributed by atoms with E-state index in [2.05, 4.69) is 22.5 Å². The maximum absolute atomic E-state index is 12.4. The van der Waals surface area contributed by atoms with Gasteiger partial charge >= 0.3 is 0 Å². The van der Waals surface area contributed by atoms with E-state index in [9.17, 15) is 14.4 Å². The molecule has 0 saturated carbocycles. The normalized spacial score (nSPS) is 16.4. The van der Waals surface area contributed by atoms with E-state index >= 15 is 0 Å². The van der Waals surface area contributed by atoms with Crippen LogP contribution in [0.2, 0.25) is 0 Å². The lowest BCUT2D eigenvalue weighted by atomic mass is 10.1. The summed E-state index contributed by atoms with van der Waals surface area (Å²) in [5.74, 6) is -0.710. The highest BCUT2D eigenvalue weighted by Gasteiger charge is 2.33. The van der Waals surface area contributed by atoms with Crippen molar-refractivity contribution < 1.29 is 14.4 Å². The average molecular weight is 386 g/mol. The van der Waals surface area contributed by atoms with Crippen molar-refractivity contribution in [2.45, 2.75) is 26.2 Å². The van der Waals surface area contributed by atoms with Gasteiger partial charge in [0.1, 0.15) is 0 Å². The van der Waals surface area contributed by atoms with E-state index in [1.54, 1.807) is 40.7 Å². The fraction of sp³-hybridized carbons (Fsp3) is 0.368. The van der Waals surface area contributed by atoms with Gasteiger partial charge in [0.05, 0.1) is 5.92 Å². The maximum Gasteiger partial charge on any atom is 0.257 e. The van der Waals surface area contributed by atoms with Crippen LogP contribution in [0.1, 0.15) is 36.5 Å². The van der Waals surface area contributed by atoms with Crippen LogP contribution < -0.4 is 10.6 Å². The van der Waals surface area contributed by atoms with Crippen LogP contribution in [0.15, 0.2) is 35.8 Å². The molecule has 0 unspecified atom stereocenters. The number of rotatable bonds is 7. The van der Waals surface area contributed by atoms with Crippen LogP contribution in [-0.2, 0) is 9.59 Å². The van der Waals surface area contributed by atoms with Crippen LogP contribution in [0.4, 0.5) is 10.8 Å². The fourth-order valence-electron chi connectivity index (χ4n) is 2.92. The third-order valence-corrected chi connectivity index (χ3v) is 5.12. The second-order valence-electron chi connectivity index (χ2n) is 6.45. The highest BCUT2D eigenvalue weighted by molar-refractivity contribution is 7.13. The van der Waals surface area contributed by atoms with Crippen molar-refractivity contribution in [1.29, 1.82) is 0 Å². The van der Waals surface area contributed by atoms with Crippen LogP contribution in [0, 0.1) is 5.92 Å². The van der Waals surface area contributed by atoms with Crippen molar-refractivity contribution in [2.75, 3.05) is 23.7 Å². The second-order valence-corrected chi connectivity index (χ2v) is 7.35. The molecule has 3 amide bonds. The van der Waals surface area contributed by atoms with Crippen molar-refractivity contribution >= 4 is 39.9 Å². The summed E-state index contributed by atoms with van der Waals surface area (Å²) in [6.45, 7) is 3.26. The van der Waals surface area contributed by atoms with Gasteiger partial charge in [-0.15, -0.1) is 11.3 Å². The molecule has 8 heteroatoms. The first kappa shape index (κ1) is 19.0. The topological polar surface area (TPSA) is 91.4 Å². The van der Waals surface area contributed by atoms with Crippen molar-refractivity contribution in [3.05, 3.63) is 41.4 Å². The molecular formula is C19H22N4O3S. The Bertz CT molecular complexity index is 805. The van der Waals surface area contributed by atoms with E-state index in [0.29, 0.717) is 29.5 Å². The molecule has 142 valence electrons. The largest absolute Gasteiger partial charge is 0.342 e. The first-order valence-corrected chi connectivity index (χ1v) is 9.84. The quantitative estimate of drug-likeness (QED) is 0.765. The molecule has 1 aromatic heterocycles. The van der Waals surface area contributed by atoms with E-state index in [0.717, 1.165) is 12.8 Å². The number of anilines is 2. The monoisotopic (exact) mass is 386 g/mol. The molecule has 1 aliphatic rings. The third kappa shape index (κ3) is 4.91. The molecule has 1 fully saturated rings. The summed E-state index contributed by atoms with van der Waals surface area (Å²) < 4.78 is 0. The van der Waals surface area contributed by atoms with E-state index in [-0.39, 0.29) is 30.1 Å². The maximum atomic E-state index is 12.4. The zero-order valence-corrected chi connectivity index (χ0v) is 15.9. The molecule has 27 heavy (non-hydrogen) atoms. The summed E-state index contributed by atoms with van der Waals surface area (Å²) in [6.07, 6.45) is 3.84. The Hall–Kier alpha value is -2.74. The van der Waals surface area contributed by atoms with E-state index in [1.165, 1.54) is 11.3 Å². The number of amides is 3. The highest BCUT2D eigenvalue weighted by atomic mass is 32.1. The first-order valence-electron chi connectivity index (χ1n) is 8.96. The van der Waals surface area contributed by atoms with Gasteiger partial charge in [0.25, 0.3) is 5.91 Å². The van der Waals surface area contributed by atoms with Crippen molar-refractivity contribution in [2.24, 2.45) is 5.92 Å². The SMILES string of the molecule is CCCCN1C[C@@H](C(=O)Nc2ccc(C(=O)Nc3nccs3)cc2)CC1=O. The zero-order valence-electron chi connectivity index (χ0n) is 15.1.